The van der Waals surface area contributed by atoms with Gasteiger partial charge in [0.15, 0.2) is 0 Å². The van der Waals surface area contributed by atoms with Crippen LogP contribution in [0.4, 0.5) is 0 Å². The van der Waals surface area contributed by atoms with Crippen LogP contribution in [-0.4, -0.2) is 137 Å². The van der Waals surface area contributed by atoms with Crippen LogP contribution in [0.15, 0.2) is 0 Å². The fourth-order valence-corrected chi connectivity index (χ4v) is 0. The SMILES string of the molecule is [Bi].[CaH2].[Pb].[SrH2]. The summed E-state index contributed by atoms with van der Waals surface area (Å²) >= 11 is 0. The molecule has 0 saturated heterocycles. The standard InChI is InChI=1S/Bi.Ca.Pb.Sr.4H. The minimum atomic E-state index is 0. The van der Waals surface area contributed by atoms with Gasteiger partial charge in [-0.05, 0) is 0 Å². The molecular weight excluding hydrogens is 544 g/mol. The molecule has 0 fully saturated rings. The van der Waals surface area contributed by atoms with Crippen LogP contribution in [0.5, 0.6) is 0 Å². The van der Waals surface area contributed by atoms with Gasteiger partial charge in [0.05, 0.1) is 0 Å². The van der Waals surface area contributed by atoms with E-state index < -0.39 is 0 Å². The molecule has 0 aromatic rings. The quantitative estimate of drug-likeness (QED) is 0.292. The Morgan fingerprint density at radius 1 is 1.00 bits per heavy atom. The first-order chi connectivity index (χ1) is 0. The molecule has 0 amide bonds. The van der Waals surface area contributed by atoms with Gasteiger partial charge < -0.3 is 0 Å². The zero-order chi connectivity index (χ0) is 0. The summed E-state index contributed by atoms with van der Waals surface area (Å²) in [6, 6.07) is 0. The van der Waals surface area contributed by atoms with Gasteiger partial charge >= 0.3 is 83.2 Å². The van der Waals surface area contributed by atoms with Crippen LogP contribution in [0.3, 0.4) is 0 Å². The summed E-state index contributed by atoms with van der Waals surface area (Å²) in [6.45, 7) is 0. The van der Waals surface area contributed by atoms with Crippen LogP contribution in [0, 0.1) is 0 Å². The third-order valence-electron chi connectivity index (χ3n) is 0. The van der Waals surface area contributed by atoms with Gasteiger partial charge in [-0.1, -0.05) is 0 Å². The number of rotatable bonds is 0. The van der Waals surface area contributed by atoms with E-state index in [9.17, 15) is 0 Å². The summed E-state index contributed by atoms with van der Waals surface area (Å²) < 4.78 is 0. The Morgan fingerprint density at radius 3 is 1.00 bits per heavy atom. The number of hydrogen-bond donors (Lipinski definition) is 0. The molecule has 0 aliphatic carbocycles. The normalized spacial score (nSPS) is 0. The van der Waals surface area contributed by atoms with Crippen LogP contribution in [0.2, 0.25) is 0 Å². The molecule has 0 atom stereocenters. The topological polar surface area (TPSA) is 0 Å². The average molecular weight is 548 g/mol. The van der Waals surface area contributed by atoms with Crippen molar-refractivity contribution < 1.29 is 0 Å². The molecule has 4 heavy (non-hydrogen) atoms. The second-order valence-corrected chi connectivity index (χ2v) is 0. The molecule has 7 radical (unpaired) electrons. The molecule has 0 saturated carbocycles. The fraction of sp³-hybridized carbons (Fsp3) is 0. The third-order valence-corrected chi connectivity index (χ3v) is 0. The molecule has 0 aliphatic rings. The van der Waals surface area contributed by atoms with E-state index >= 15 is 0 Å². The second-order valence-electron chi connectivity index (χ2n) is 0. The van der Waals surface area contributed by atoms with E-state index in [1.165, 1.54) is 0 Å². The molecule has 0 aliphatic heterocycles. The van der Waals surface area contributed by atoms with E-state index in [4.69, 9.17) is 0 Å². The van der Waals surface area contributed by atoms with E-state index in [0.717, 1.165) is 0 Å². The molecule has 17 valence electrons. The number of hydrogen-bond acceptors (Lipinski definition) is 0. The predicted octanol–water partition coefficient (Wildman–Crippen LogP) is -2.59. The summed E-state index contributed by atoms with van der Waals surface area (Å²) in [5.74, 6) is 0. The van der Waals surface area contributed by atoms with Crippen LogP contribution in [0.1, 0.15) is 0 Å². The van der Waals surface area contributed by atoms with Crippen molar-refractivity contribution in [2.24, 2.45) is 0 Å². The Morgan fingerprint density at radius 2 is 1.00 bits per heavy atom. The summed E-state index contributed by atoms with van der Waals surface area (Å²) in [5.41, 5.74) is 0. The van der Waals surface area contributed by atoms with Crippen molar-refractivity contribution in [2.75, 3.05) is 0 Å². The monoisotopic (exact) mass is 549 g/mol. The van der Waals surface area contributed by atoms with Crippen LogP contribution in [0.25, 0.3) is 0 Å². The van der Waals surface area contributed by atoms with Crippen molar-refractivity contribution in [3.63, 3.8) is 0 Å². The molecule has 0 spiro atoms. The van der Waals surface area contributed by atoms with Crippen molar-refractivity contribution in [3.8, 4) is 0 Å². The van der Waals surface area contributed by atoms with E-state index in [1.807, 2.05) is 0 Å². The molecule has 4 heteroatoms. The van der Waals surface area contributed by atoms with Gasteiger partial charge in [-0.2, -0.15) is 0 Å². The molecule has 0 N–H and O–H groups in total. The zero-order valence-electron chi connectivity index (χ0n) is 0.947. The fourth-order valence-electron chi connectivity index (χ4n) is 0. The van der Waals surface area contributed by atoms with Crippen LogP contribution in [-0.2, 0) is 0 Å². The Balaban J connectivity index is 0. The predicted molar refractivity (Wildman–Crippen MR) is 28.6 cm³/mol. The van der Waals surface area contributed by atoms with Crippen molar-refractivity contribution in [2.45, 2.75) is 0 Å². The van der Waals surface area contributed by atoms with E-state index in [0.29, 0.717) is 0 Å². The zero-order valence-corrected chi connectivity index (χ0v) is 8.31. The first-order valence-electron chi connectivity index (χ1n) is 0. The molecule has 0 heterocycles. The van der Waals surface area contributed by atoms with Crippen molar-refractivity contribution in [1.82, 2.24) is 0 Å². The molecule has 0 rings (SSSR count). The average Bonchev–Trinajstić information content (AvgIpc) is 0. The third kappa shape index (κ3) is 9.74. The van der Waals surface area contributed by atoms with Gasteiger partial charge in [0.25, 0.3) is 0 Å². The molecule has 0 bridgehead atoms. The summed E-state index contributed by atoms with van der Waals surface area (Å²) in [4.78, 5) is 0. The van der Waals surface area contributed by atoms with Crippen LogP contribution < -0.4 is 0 Å². The Kier molecular flexibility index (Phi) is 92.1. The first kappa shape index (κ1) is 23.5. The summed E-state index contributed by atoms with van der Waals surface area (Å²) in [6.07, 6.45) is 0. The van der Waals surface area contributed by atoms with Gasteiger partial charge in [-0.3, -0.25) is 0 Å². The van der Waals surface area contributed by atoms with E-state index in [2.05, 4.69) is 0 Å². The summed E-state index contributed by atoms with van der Waals surface area (Å²) in [5, 5.41) is 0. The molecule has 0 aromatic heterocycles. The van der Waals surface area contributed by atoms with Gasteiger partial charge in [0, 0.05) is 53.5 Å². The maximum absolute atomic E-state index is 0. The van der Waals surface area contributed by atoms with Gasteiger partial charge in [-0.15, -0.1) is 0 Å². The van der Waals surface area contributed by atoms with E-state index in [1.54, 1.807) is 0 Å². The minimum absolute atomic E-state index is 0. The Hall–Kier alpha value is 4.55. The van der Waals surface area contributed by atoms with Crippen LogP contribution >= 0.6 is 0 Å². The Labute approximate surface area is 132 Å². The van der Waals surface area contributed by atoms with E-state index in [-0.39, 0.29) is 137 Å². The molecule has 0 nitrogen and oxygen atoms in total. The Bertz CT molecular complexity index is 8.00. The van der Waals surface area contributed by atoms with Gasteiger partial charge in [0.1, 0.15) is 0 Å². The molecule has 0 unspecified atom stereocenters. The van der Waals surface area contributed by atoms with Crippen molar-refractivity contribution in [3.05, 3.63) is 0 Å². The van der Waals surface area contributed by atoms with Crippen molar-refractivity contribution in [1.29, 1.82) is 0 Å². The first-order valence-corrected chi connectivity index (χ1v) is 0. The summed E-state index contributed by atoms with van der Waals surface area (Å²) in [7, 11) is 0. The molecule has 0 aromatic carbocycles. The molecular formula is H4BiCaPbSr. The van der Waals surface area contributed by atoms with Gasteiger partial charge in [-0.25, -0.2) is 0 Å². The van der Waals surface area contributed by atoms with Gasteiger partial charge in [0.2, 0.25) is 0 Å². The van der Waals surface area contributed by atoms with Crippen molar-refractivity contribution >= 4 is 137 Å². The second kappa shape index (κ2) is 15.6. The maximum atomic E-state index is 0.